The normalized spacial score (nSPS) is 15.0. The summed E-state index contributed by atoms with van der Waals surface area (Å²) in [4.78, 5) is 18.1. The Labute approximate surface area is 202 Å². The number of piperazine rings is 1. The largest absolute Gasteiger partial charge is 0.368 e. The van der Waals surface area contributed by atoms with Crippen molar-refractivity contribution in [3.63, 3.8) is 0 Å². The molecule has 1 saturated heterocycles. The Morgan fingerprint density at radius 3 is 2.38 bits per heavy atom. The van der Waals surface area contributed by atoms with E-state index in [1.165, 1.54) is 38.8 Å². The Kier molecular flexibility index (Phi) is 6.14. The summed E-state index contributed by atoms with van der Waals surface area (Å²) in [6, 6.07) is 25.6. The van der Waals surface area contributed by atoms with Crippen molar-refractivity contribution in [3.05, 3.63) is 101 Å². The van der Waals surface area contributed by atoms with Gasteiger partial charge < -0.3 is 14.4 Å². The molecule has 2 heterocycles. The number of aromatic nitrogens is 1. The predicted molar refractivity (Wildman–Crippen MR) is 141 cm³/mol. The molecule has 0 aliphatic carbocycles. The summed E-state index contributed by atoms with van der Waals surface area (Å²) in [7, 11) is 2.09. The minimum atomic E-state index is 0.0351. The second-order valence-corrected chi connectivity index (χ2v) is 9.54. The lowest BCUT2D eigenvalue weighted by molar-refractivity contribution is -0.131. The van der Waals surface area contributed by atoms with Crippen molar-refractivity contribution < 1.29 is 4.79 Å². The van der Waals surface area contributed by atoms with Gasteiger partial charge in [0.1, 0.15) is 0 Å². The van der Waals surface area contributed by atoms with Crippen molar-refractivity contribution in [2.24, 2.45) is 7.05 Å². The van der Waals surface area contributed by atoms with Gasteiger partial charge in [-0.2, -0.15) is 0 Å². The second kappa shape index (κ2) is 9.38. The molecular weight excluding hydrogens is 418 g/mol. The second-order valence-electron chi connectivity index (χ2n) is 9.54. The Bertz CT molecular complexity index is 1310. The molecule has 1 unspecified atom stereocenters. The maximum atomic E-state index is 13.6. The van der Waals surface area contributed by atoms with Gasteiger partial charge in [0.05, 0.1) is 0 Å². The zero-order chi connectivity index (χ0) is 23.7. The van der Waals surface area contributed by atoms with E-state index in [-0.39, 0.29) is 11.8 Å². The van der Waals surface area contributed by atoms with Crippen molar-refractivity contribution in [2.75, 3.05) is 31.1 Å². The third-order valence-electron chi connectivity index (χ3n) is 7.21. The lowest BCUT2D eigenvalue weighted by Crippen LogP contribution is -2.49. The van der Waals surface area contributed by atoms with Gasteiger partial charge in [0, 0.05) is 68.4 Å². The van der Waals surface area contributed by atoms with Crippen LogP contribution in [0, 0.1) is 13.8 Å². The van der Waals surface area contributed by atoms with Gasteiger partial charge in [-0.3, -0.25) is 4.79 Å². The number of benzene rings is 3. The minimum Gasteiger partial charge on any atom is -0.368 e. The van der Waals surface area contributed by atoms with Gasteiger partial charge in [0.15, 0.2) is 0 Å². The molecule has 4 aromatic rings. The lowest BCUT2D eigenvalue weighted by atomic mass is 9.87. The fraction of sp³-hybridized carbons (Fsp3) is 0.300. The highest BCUT2D eigenvalue weighted by Crippen LogP contribution is 2.35. The van der Waals surface area contributed by atoms with Crippen LogP contribution in [0.25, 0.3) is 10.9 Å². The summed E-state index contributed by atoms with van der Waals surface area (Å²) in [5.74, 6) is 0.275. The van der Waals surface area contributed by atoms with Gasteiger partial charge >= 0.3 is 0 Å². The van der Waals surface area contributed by atoms with Crippen molar-refractivity contribution in [2.45, 2.75) is 26.2 Å². The Morgan fingerprint density at radius 1 is 0.882 bits per heavy atom. The van der Waals surface area contributed by atoms with Crippen molar-refractivity contribution >= 4 is 22.5 Å². The molecule has 174 valence electrons. The Hall–Kier alpha value is -3.53. The molecule has 1 fully saturated rings. The molecule has 0 spiro atoms. The first kappa shape index (κ1) is 22.3. The highest BCUT2D eigenvalue weighted by Gasteiger charge is 2.27. The first-order chi connectivity index (χ1) is 16.5. The highest BCUT2D eigenvalue weighted by atomic mass is 16.2. The number of hydrogen-bond acceptors (Lipinski definition) is 2. The quantitative estimate of drug-likeness (QED) is 0.391. The smallest absolute Gasteiger partial charge is 0.223 e. The molecule has 1 aliphatic rings. The van der Waals surface area contributed by atoms with E-state index >= 15 is 0 Å². The zero-order valence-corrected chi connectivity index (χ0v) is 20.4. The molecule has 4 heteroatoms. The van der Waals surface area contributed by atoms with Crippen LogP contribution in [0.4, 0.5) is 5.69 Å². The molecule has 0 N–H and O–H groups in total. The summed E-state index contributed by atoms with van der Waals surface area (Å²) in [5.41, 5.74) is 7.44. The van der Waals surface area contributed by atoms with E-state index in [4.69, 9.17) is 0 Å². The molecule has 4 nitrogen and oxygen atoms in total. The molecule has 3 aromatic carbocycles. The van der Waals surface area contributed by atoms with Gasteiger partial charge in [-0.1, -0.05) is 66.2 Å². The third kappa shape index (κ3) is 4.33. The third-order valence-corrected chi connectivity index (χ3v) is 7.21. The molecule has 1 aromatic heterocycles. The average Bonchev–Trinajstić information content (AvgIpc) is 3.19. The van der Waals surface area contributed by atoms with E-state index in [0.29, 0.717) is 6.42 Å². The van der Waals surface area contributed by atoms with Crippen LogP contribution in [0.2, 0.25) is 0 Å². The molecule has 1 aliphatic heterocycles. The number of rotatable bonds is 5. The molecule has 5 rings (SSSR count). The number of amides is 1. The van der Waals surface area contributed by atoms with E-state index in [1.54, 1.807) is 0 Å². The van der Waals surface area contributed by atoms with E-state index < -0.39 is 0 Å². The van der Waals surface area contributed by atoms with E-state index in [0.717, 1.165) is 26.2 Å². The first-order valence-electron chi connectivity index (χ1n) is 12.2. The van der Waals surface area contributed by atoms with Crippen molar-refractivity contribution in [1.29, 1.82) is 0 Å². The van der Waals surface area contributed by atoms with Gasteiger partial charge in [-0.15, -0.1) is 0 Å². The number of carbonyl (C=O) groups is 1. The molecule has 0 saturated carbocycles. The summed E-state index contributed by atoms with van der Waals surface area (Å²) in [6.45, 7) is 7.56. The van der Waals surface area contributed by atoms with Gasteiger partial charge in [0.2, 0.25) is 5.91 Å². The van der Waals surface area contributed by atoms with Crippen LogP contribution in [0.15, 0.2) is 79.0 Å². The van der Waals surface area contributed by atoms with Gasteiger partial charge in [-0.25, -0.2) is 0 Å². The Balaban J connectivity index is 1.39. The fourth-order valence-electron chi connectivity index (χ4n) is 5.36. The van der Waals surface area contributed by atoms with Crippen LogP contribution in [-0.4, -0.2) is 41.6 Å². The summed E-state index contributed by atoms with van der Waals surface area (Å²) < 4.78 is 2.18. The van der Waals surface area contributed by atoms with Gasteiger partial charge in [0.25, 0.3) is 0 Å². The van der Waals surface area contributed by atoms with Crippen LogP contribution in [0.5, 0.6) is 0 Å². The van der Waals surface area contributed by atoms with E-state index in [2.05, 4.69) is 114 Å². The van der Waals surface area contributed by atoms with Gasteiger partial charge in [-0.05, 0) is 42.7 Å². The summed E-state index contributed by atoms with van der Waals surface area (Å²) in [5, 5.41) is 1.23. The summed E-state index contributed by atoms with van der Waals surface area (Å²) in [6.07, 6.45) is 2.70. The number of fused-ring (bicyclic) bond motifs is 1. The average molecular weight is 452 g/mol. The van der Waals surface area contributed by atoms with Crippen molar-refractivity contribution in [3.8, 4) is 0 Å². The Morgan fingerprint density at radius 2 is 1.62 bits per heavy atom. The molecule has 0 radical (unpaired) electrons. The highest BCUT2D eigenvalue weighted by molar-refractivity contribution is 5.86. The molecule has 0 bridgehead atoms. The lowest BCUT2D eigenvalue weighted by Gasteiger charge is -2.37. The molecule has 1 amide bonds. The number of nitrogens with zero attached hydrogens (tertiary/aromatic N) is 3. The minimum absolute atomic E-state index is 0.0351. The fourth-order valence-corrected chi connectivity index (χ4v) is 5.36. The standard InChI is InChI=1S/C30H33N3O/c1-22-9-8-11-24(19-22)26(27-21-31(3)29-14-7-5-12-25(27)29)20-30(34)33-17-15-32(16-18-33)28-13-6-4-10-23(28)2/h4-14,19,21,26H,15-18,20H2,1-3H3. The topological polar surface area (TPSA) is 28.5 Å². The monoisotopic (exact) mass is 451 g/mol. The number of aryl methyl sites for hydroxylation is 3. The number of anilines is 1. The first-order valence-corrected chi connectivity index (χ1v) is 12.2. The van der Waals surface area contributed by atoms with Crippen LogP contribution >= 0.6 is 0 Å². The van der Waals surface area contributed by atoms with Crippen LogP contribution in [0.3, 0.4) is 0 Å². The van der Waals surface area contributed by atoms with Crippen molar-refractivity contribution in [1.82, 2.24) is 9.47 Å². The maximum absolute atomic E-state index is 13.6. The molecule has 34 heavy (non-hydrogen) atoms. The maximum Gasteiger partial charge on any atom is 0.223 e. The zero-order valence-electron chi connectivity index (χ0n) is 20.4. The number of para-hydroxylation sites is 2. The predicted octanol–water partition coefficient (Wildman–Crippen LogP) is 5.67. The molecular formula is C30H33N3O. The molecule has 1 atom stereocenters. The van der Waals surface area contributed by atoms with E-state index in [1.807, 2.05) is 0 Å². The van der Waals surface area contributed by atoms with Crippen LogP contribution in [-0.2, 0) is 11.8 Å². The number of hydrogen-bond donors (Lipinski definition) is 0. The SMILES string of the molecule is Cc1cccc(C(CC(=O)N2CCN(c3ccccc3C)CC2)c2cn(C)c3ccccc23)c1. The summed E-state index contributed by atoms with van der Waals surface area (Å²) >= 11 is 0. The van der Waals surface area contributed by atoms with E-state index in [9.17, 15) is 4.79 Å². The number of carbonyl (C=O) groups excluding carboxylic acids is 1. The van der Waals surface area contributed by atoms with Crippen LogP contribution in [0.1, 0.15) is 34.6 Å². The van der Waals surface area contributed by atoms with Crippen LogP contribution < -0.4 is 4.90 Å².